The van der Waals surface area contributed by atoms with Crippen molar-refractivity contribution in [3.63, 3.8) is 0 Å². The Morgan fingerprint density at radius 2 is 2.11 bits per heavy atom. The Morgan fingerprint density at radius 1 is 1.33 bits per heavy atom. The molecule has 1 aromatic carbocycles. The Hall–Kier alpha value is -1.15. The van der Waals surface area contributed by atoms with Gasteiger partial charge in [-0.15, -0.1) is 0 Å². The number of aromatic nitrogens is 2. The SMILES string of the molecule is O=c1nc(N2CCOCC2)c2ccc(I)cc2[nH]1. The van der Waals surface area contributed by atoms with Crippen LogP contribution < -0.4 is 10.6 Å². The number of H-pyrrole nitrogens is 1. The number of hydrogen-bond acceptors (Lipinski definition) is 4. The molecular formula is C12H12IN3O2. The van der Waals surface area contributed by atoms with Crippen LogP contribution in [0.25, 0.3) is 10.9 Å². The van der Waals surface area contributed by atoms with Crippen molar-refractivity contribution in [1.82, 2.24) is 9.97 Å². The number of hydrogen-bond donors (Lipinski definition) is 1. The molecule has 2 heterocycles. The zero-order chi connectivity index (χ0) is 12.5. The van der Waals surface area contributed by atoms with Crippen LogP contribution in [0.1, 0.15) is 0 Å². The third-order valence-corrected chi connectivity index (χ3v) is 3.65. The molecular weight excluding hydrogens is 345 g/mol. The van der Waals surface area contributed by atoms with Gasteiger partial charge in [-0.25, -0.2) is 4.79 Å². The average molecular weight is 357 g/mol. The van der Waals surface area contributed by atoms with E-state index in [1.165, 1.54) is 0 Å². The van der Waals surface area contributed by atoms with Gasteiger partial charge in [0.25, 0.3) is 0 Å². The summed E-state index contributed by atoms with van der Waals surface area (Å²) in [6, 6.07) is 5.99. The number of halogens is 1. The maximum Gasteiger partial charge on any atom is 0.347 e. The molecule has 0 aliphatic carbocycles. The topological polar surface area (TPSA) is 58.2 Å². The van der Waals surface area contributed by atoms with Crippen LogP contribution in [0.3, 0.4) is 0 Å². The van der Waals surface area contributed by atoms with Crippen LogP contribution in [0.4, 0.5) is 5.82 Å². The lowest BCUT2D eigenvalue weighted by molar-refractivity contribution is 0.122. The number of anilines is 1. The maximum atomic E-state index is 11.6. The Kier molecular flexibility index (Phi) is 3.21. The van der Waals surface area contributed by atoms with Crippen molar-refractivity contribution in [2.24, 2.45) is 0 Å². The minimum Gasteiger partial charge on any atom is -0.378 e. The van der Waals surface area contributed by atoms with Gasteiger partial charge < -0.3 is 14.6 Å². The van der Waals surface area contributed by atoms with Crippen molar-refractivity contribution >= 4 is 39.3 Å². The molecule has 18 heavy (non-hydrogen) atoms. The molecule has 3 rings (SSSR count). The zero-order valence-electron chi connectivity index (χ0n) is 9.65. The molecule has 1 aliphatic rings. The second-order valence-electron chi connectivity index (χ2n) is 4.15. The first kappa shape index (κ1) is 11.9. The van der Waals surface area contributed by atoms with Gasteiger partial charge in [0.05, 0.1) is 18.7 Å². The predicted octanol–water partition coefficient (Wildman–Crippen LogP) is 1.36. The molecule has 0 radical (unpaired) electrons. The molecule has 0 saturated carbocycles. The van der Waals surface area contributed by atoms with Crippen molar-refractivity contribution < 1.29 is 4.74 Å². The van der Waals surface area contributed by atoms with E-state index in [1.807, 2.05) is 18.2 Å². The van der Waals surface area contributed by atoms with Crippen LogP contribution in [0, 0.1) is 3.57 Å². The highest BCUT2D eigenvalue weighted by Gasteiger charge is 2.16. The second-order valence-corrected chi connectivity index (χ2v) is 5.40. The third kappa shape index (κ3) is 2.22. The highest BCUT2D eigenvalue weighted by molar-refractivity contribution is 14.1. The first-order valence-electron chi connectivity index (χ1n) is 5.76. The molecule has 6 heteroatoms. The molecule has 0 unspecified atom stereocenters. The predicted molar refractivity (Wildman–Crippen MR) is 78.1 cm³/mol. The summed E-state index contributed by atoms with van der Waals surface area (Å²) in [5, 5.41) is 0.983. The van der Waals surface area contributed by atoms with Crippen LogP contribution in [0.15, 0.2) is 23.0 Å². The van der Waals surface area contributed by atoms with Crippen molar-refractivity contribution in [2.75, 3.05) is 31.2 Å². The van der Waals surface area contributed by atoms with Crippen LogP contribution in [0.2, 0.25) is 0 Å². The smallest absolute Gasteiger partial charge is 0.347 e. The number of rotatable bonds is 1. The summed E-state index contributed by atoms with van der Waals surface area (Å²) in [4.78, 5) is 20.6. The van der Waals surface area contributed by atoms with E-state index >= 15 is 0 Å². The summed E-state index contributed by atoms with van der Waals surface area (Å²) in [5.74, 6) is 0.758. The minimum atomic E-state index is -0.300. The van der Waals surface area contributed by atoms with Gasteiger partial charge in [0.15, 0.2) is 0 Å². The van der Waals surface area contributed by atoms with Gasteiger partial charge in [-0.2, -0.15) is 4.98 Å². The summed E-state index contributed by atoms with van der Waals surface area (Å²) in [5.41, 5.74) is 0.536. The minimum absolute atomic E-state index is 0.300. The van der Waals surface area contributed by atoms with Crippen molar-refractivity contribution in [1.29, 1.82) is 0 Å². The lowest BCUT2D eigenvalue weighted by Gasteiger charge is -2.28. The van der Waals surface area contributed by atoms with Crippen LogP contribution in [-0.4, -0.2) is 36.3 Å². The molecule has 0 amide bonds. The van der Waals surface area contributed by atoms with E-state index in [2.05, 4.69) is 37.5 Å². The van der Waals surface area contributed by atoms with E-state index in [0.29, 0.717) is 13.2 Å². The molecule has 1 fully saturated rings. The Balaban J connectivity index is 2.17. The molecule has 1 saturated heterocycles. The Labute approximate surface area is 117 Å². The highest BCUT2D eigenvalue weighted by atomic mass is 127. The normalized spacial score (nSPS) is 16.2. The molecule has 2 aromatic rings. The standard InChI is InChI=1S/C12H12IN3O2/c13-8-1-2-9-10(7-8)14-12(17)15-11(9)16-3-5-18-6-4-16/h1-2,7H,3-6H2,(H,14,15,17). The van der Waals surface area contributed by atoms with Crippen molar-refractivity contribution in [2.45, 2.75) is 0 Å². The monoisotopic (exact) mass is 357 g/mol. The Morgan fingerprint density at radius 3 is 2.89 bits per heavy atom. The van der Waals surface area contributed by atoms with Crippen molar-refractivity contribution in [3.05, 3.63) is 32.3 Å². The zero-order valence-corrected chi connectivity index (χ0v) is 11.8. The van der Waals surface area contributed by atoms with Gasteiger partial charge >= 0.3 is 5.69 Å². The summed E-state index contributed by atoms with van der Waals surface area (Å²) in [6.45, 7) is 2.91. The molecule has 1 N–H and O–H groups in total. The summed E-state index contributed by atoms with van der Waals surface area (Å²) in [7, 11) is 0. The fraction of sp³-hybridized carbons (Fsp3) is 0.333. The number of fused-ring (bicyclic) bond motifs is 1. The van der Waals surface area contributed by atoms with E-state index in [9.17, 15) is 4.79 Å². The molecule has 1 aromatic heterocycles. The fourth-order valence-electron chi connectivity index (χ4n) is 2.13. The largest absolute Gasteiger partial charge is 0.378 e. The van der Waals surface area contributed by atoms with E-state index in [1.54, 1.807) is 0 Å². The molecule has 1 aliphatic heterocycles. The van der Waals surface area contributed by atoms with Gasteiger partial charge in [0.1, 0.15) is 5.82 Å². The average Bonchev–Trinajstić information content (AvgIpc) is 2.38. The summed E-state index contributed by atoms with van der Waals surface area (Å²) < 4.78 is 6.42. The van der Waals surface area contributed by atoms with E-state index in [-0.39, 0.29) is 5.69 Å². The molecule has 5 nitrogen and oxygen atoms in total. The maximum absolute atomic E-state index is 11.6. The van der Waals surface area contributed by atoms with Gasteiger partial charge in [-0.1, -0.05) is 0 Å². The highest BCUT2D eigenvalue weighted by Crippen LogP contribution is 2.23. The second kappa shape index (κ2) is 4.85. The Bertz CT molecular complexity index is 635. The summed E-state index contributed by atoms with van der Waals surface area (Å²) >= 11 is 2.23. The lowest BCUT2D eigenvalue weighted by Crippen LogP contribution is -2.37. The number of aromatic amines is 1. The molecule has 0 spiro atoms. The molecule has 0 bridgehead atoms. The molecule has 0 atom stereocenters. The third-order valence-electron chi connectivity index (χ3n) is 2.98. The number of nitrogens with zero attached hydrogens (tertiary/aromatic N) is 2. The van der Waals surface area contributed by atoms with Gasteiger partial charge in [0, 0.05) is 22.0 Å². The van der Waals surface area contributed by atoms with Crippen molar-refractivity contribution in [3.8, 4) is 0 Å². The quantitative estimate of drug-likeness (QED) is 0.784. The fourth-order valence-corrected chi connectivity index (χ4v) is 2.62. The number of nitrogens with one attached hydrogen (secondary N) is 1. The first-order valence-corrected chi connectivity index (χ1v) is 6.84. The van der Waals surface area contributed by atoms with E-state index in [0.717, 1.165) is 33.4 Å². The van der Waals surface area contributed by atoms with E-state index < -0.39 is 0 Å². The van der Waals surface area contributed by atoms with Crippen LogP contribution >= 0.6 is 22.6 Å². The number of morpholine rings is 1. The van der Waals surface area contributed by atoms with Gasteiger partial charge in [0.2, 0.25) is 0 Å². The van der Waals surface area contributed by atoms with Gasteiger partial charge in [-0.05, 0) is 40.8 Å². The summed E-state index contributed by atoms with van der Waals surface area (Å²) in [6.07, 6.45) is 0. The van der Waals surface area contributed by atoms with Crippen LogP contribution in [-0.2, 0) is 4.74 Å². The van der Waals surface area contributed by atoms with E-state index in [4.69, 9.17) is 4.74 Å². The number of benzene rings is 1. The number of ether oxygens (including phenoxy) is 1. The lowest BCUT2D eigenvalue weighted by atomic mass is 10.2. The van der Waals surface area contributed by atoms with Gasteiger partial charge in [-0.3, -0.25) is 0 Å². The van der Waals surface area contributed by atoms with Crippen LogP contribution in [0.5, 0.6) is 0 Å². The first-order chi connectivity index (χ1) is 8.74. The molecule has 94 valence electrons.